The second-order valence-electron chi connectivity index (χ2n) is 8.31. The first-order valence-electron chi connectivity index (χ1n) is 10.3. The van der Waals surface area contributed by atoms with Crippen LogP contribution in [0.25, 0.3) is 0 Å². The van der Waals surface area contributed by atoms with Crippen LogP contribution in [-0.4, -0.2) is 47.7 Å². The van der Waals surface area contributed by atoms with Crippen LogP contribution < -0.4 is 10.2 Å². The van der Waals surface area contributed by atoms with Gasteiger partial charge in [-0.25, -0.2) is 0 Å². The molecule has 0 aliphatic carbocycles. The molecule has 10 heteroatoms. The third kappa shape index (κ3) is 5.16. The van der Waals surface area contributed by atoms with Crippen molar-refractivity contribution >= 4 is 34.8 Å². The van der Waals surface area contributed by atoms with Crippen LogP contribution in [0.1, 0.15) is 23.1 Å². The van der Waals surface area contributed by atoms with E-state index in [4.69, 9.17) is 0 Å². The zero-order valence-electron chi connectivity index (χ0n) is 18.8. The SMILES string of the molecule is Cc1cc(C)c(NC(=O)CN(C)C(=O)C2CC(=O)N(c3ccc(F)c([N+](=O)[O-])c3)C2)c(C)c1. The Bertz CT molecular complexity index is 1130. The summed E-state index contributed by atoms with van der Waals surface area (Å²) >= 11 is 0. The molecule has 3 rings (SSSR count). The average Bonchev–Trinajstić information content (AvgIpc) is 3.11. The largest absolute Gasteiger partial charge is 0.336 e. The van der Waals surface area contributed by atoms with Crippen molar-refractivity contribution in [3.63, 3.8) is 0 Å². The minimum absolute atomic E-state index is 0.0113. The predicted molar refractivity (Wildman–Crippen MR) is 120 cm³/mol. The number of nitrogens with one attached hydrogen (secondary N) is 1. The lowest BCUT2D eigenvalue weighted by Gasteiger charge is -2.22. The van der Waals surface area contributed by atoms with Crippen molar-refractivity contribution in [2.24, 2.45) is 5.92 Å². The highest BCUT2D eigenvalue weighted by molar-refractivity contribution is 6.01. The van der Waals surface area contributed by atoms with E-state index < -0.39 is 34.2 Å². The van der Waals surface area contributed by atoms with Crippen molar-refractivity contribution in [3.8, 4) is 0 Å². The van der Waals surface area contributed by atoms with E-state index in [2.05, 4.69) is 5.32 Å². The summed E-state index contributed by atoms with van der Waals surface area (Å²) in [5.41, 5.74) is 3.02. The molecule has 1 aliphatic rings. The molecule has 0 radical (unpaired) electrons. The molecule has 174 valence electrons. The highest BCUT2D eigenvalue weighted by atomic mass is 19.1. The normalized spacial score (nSPS) is 15.5. The lowest BCUT2D eigenvalue weighted by Crippen LogP contribution is -2.39. The van der Waals surface area contributed by atoms with Gasteiger partial charge in [-0.2, -0.15) is 4.39 Å². The Morgan fingerprint density at radius 3 is 2.45 bits per heavy atom. The van der Waals surface area contributed by atoms with Crippen LogP contribution in [0.2, 0.25) is 0 Å². The number of benzene rings is 2. The number of halogens is 1. The fraction of sp³-hybridized carbons (Fsp3) is 0.348. The van der Waals surface area contributed by atoms with E-state index in [0.29, 0.717) is 5.69 Å². The Hall–Kier alpha value is -3.82. The predicted octanol–water partition coefficient (Wildman–Crippen LogP) is 3.11. The van der Waals surface area contributed by atoms with Gasteiger partial charge < -0.3 is 15.1 Å². The monoisotopic (exact) mass is 456 g/mol. The van der Waals surface area contributed by atoms with Crippen molar-refractivity contribution in [2.45, 2.75) is 27.2 Å². The number of carbonyl (C=O) groups excluding carboxylic acids is 3. The number of nitro benzene ring substituents is 1. The molecule has 9 nitrogen and oxygen atoms in total. The fourth-order valence-corrected chi connectivity index (χ4v) is 4.09. The number of rotatable bonds is 6. The smallest absolute Gasteiger partial charge is 0.306 e. The number of anilines is 2. The first-order valence-corrected chi connectivity index (χ1v) is 10.3. The minimum atomic E-state index is -1.01. The third-order valence-corrected chi connectivity index (χ3v) is 5.61. The molecule has 1 unspecified atom stereocenters. The number of likely N-dealkylation sites (N-methyl/N-ethyl adjacent to an activating group) is 1. The lowest BCUT2D eigenvalue weighted by atomic mass is 10.0. The first-order chi connectivity index (χ1) is 15.5. The number of hydrogen-bond acceptors (Lipinski definition) is 5. The Kier molecular flexibility index (Phi) is 6.75. The van der Waals surface area contributed by atoms with Gasteiger partial charge in [-0.1, -0.05) is 17.7 Å². The molecule has 0 saturated carbocycles. The van der Waals surface area contributed by atoms with Gasteiger partial charge in [0.2, 0.25) is 23.5 Å². The van der Waals surface area contributed by atoms with E-state index in [0.717, 1.165) is 28.8 Å². The minimum Gasteiger partial charge on any atom is -0.336 e. The van der Waals surface area contributed by atoms with Gasteiger partial charge in [0.1, 0.15) is 0 Å². The molecule has 1 N–H and O–H groups in total. The third-order valence-electron chi connectivity index (χ3n) is 5.61. The van der Waals surface area contributed by atoms with Crippen LogP contribution in [0.4, 0.5) is 21.5 Å². The molecule has 33 heavy (non-hydrogen) atoms. The Balaban J connectivity index is 1.66. The molecule has 3 amide bonds. The Morgan fingerprint density at radius 2 is 1.85 bits per heavy atom. The summed E-state index contributed by atoms with van der Waals surface area (Å²) in [6.07, 6.45) is -0.105. The average molecular weight is 456 g/mol. The molecule has 1 aliphatic heterocycles. The molecule has 2 aromatic carbocycles. The zero-order chi connectivity index (χ0) is 24.4. The van der Waals surface area contributed by atoms with Crippen LogP contribution in [0.15, 0.2) is 30.3 Å². The van der Waals surface area contributed by atoms with Crippen molar-refractivity contribution < 1.29 is 23.7 Å². The van der Waals surface area contributed by atoms with Gasteiger partial charge in [0.05, 0.1) is 23.1 Å². The van der Waals surface area contributed by atoms with Crippen molar-refractivity contribution in [3.05, 3.63) is 63.0 Å². The summed E-state index contributed by atoms with van der Waals surface area (Å²) in [6.45, 7) is 5.54. The second kappa shape index (κ2) is 9.35. The van der Waals surface area contributed by atoms with Crippen LogP contribution in [0, 0.1) is 42.6 Å². The van der Waals surface area contributed by atoms with Gasteiger partial charge in [0.15, 0.2) is 0 Å². The van der Waals surface area contributed by atoms with Crippen molar-refractivity contribution in [1.29, 1.82) is 0 Å². The lowest BCUT2D eigenvalue weighted by molar-refractivity contribution is -0.387. The van der Waals surface area contributed by atoms with Crippen LogP contribution >= 0.6 is 0 Å². The topological polar surface area (TPSA) is 113 Å². The van der Waals surface area contributed by atoms with Gasteiger partial charge in [0.25, 0.3) is 0 Å². The number of hydrogen-bond donors (Lipinski definition) is 1. The zero-order valence-corrected chi connectivity index (χ0v) is 18.8. The maximum absolute atomic E-state index is 13.6. The van der Waals surface area contributed by atoms with Crippen LogP contribution in [0.3, 0.4) is 0 Å². The maximum atomic E-state index is 13.6. The van der Waals surface area contributed by atoms with Crippen molar-refractivity contribution in [1.82, 2.24) is 4.90 Å². The van der Waals surface area contributed by atoms with Gasteiger partial charge in [0, 0.05) is 31.8 Å². The number of aryl methyl sites for hydroxylation is 3. The summed E-state index contributed by atoms with van der Waals surface area (Å²) in [4.78, 5) is 50.4. The summed E-state index contributed by atoms with van der Waals surface area (Å²) in [5.74, 6) is -2.89. The fourth-order valence-electron chi connectivity index (χ4n) is 4.09. The Labute approximate surface area is 190 Å². The molecule has 1 atom stereocenters. The summed E-state index contributed by atoms with van der Waals surface area (Å²) in [6, 6.07) is 7.06. The molecule has 1 saturated heterocycles. The first kappa shape index (κ1) is 23.8. The number of carbonyl (C=O) groups is 3. The highest BCUT2D eigenvalue weighted by Crippen LogP contribution is 2.30. The van der Waals surface area contributed by atoms with E-state index in [-0.39, 0.29) is 31.1 Å². The van der Waals surface area contributed by atoms with Gasteiger partial charge in [-0.05, 0) is 44.0 Å². The van der Waals surface area contributed by atoms with E-state index in [9.17, 15) is 28.9 Å². The highest BCUT2D eigenvalue weighted by Gasteiger charge is 2.37. The molecule has 0 spiro atoms. The second-order valence-corrected chi connectivity index (χ2v) is 8.31. The van der Waals surface area contributed by atoms with Gasteiger partial charge in [-0.3, -0.25) is 24.5 Å². The summed E-state index contributed by atoms with van der Waals surface area (Å²) in [5, 5.41) is 13.8. The molecule has 0 bridgehead atoms. The van der Waals surface area contributed by atoms with Gasteiger partial charge in [-0.15, -0.1) is 0 Å². The van der Waals surface area contributed by atoms with Crippen molar-refractivity contribution in [2.75, 3.05) is 30.4 Å². The van der Waals surface area contributed by atoms with E-state index in [1.807, 2.05) is 32.9 Å². The molecular weight excluding hydrogens is 431 g/mol. The molecule has 0 aromatic heterocycles. The quantitative estimate of drug-likeness (QED) is 0.530. The van der Waals surface area contributed by atoms with Crippen LogP contribution in [0.5, 0.6) is 0 Å². The standard InChI is InChI=1S/C23H25FN4O5/c1-13-7-14(2)22(15(3)8-13)25-20(29)12-26(4)23(31)16-9-21(30)27(11-16)17-5-6-18(24)19(10-17)28(32)33/h5-8,10,16H,9,11-12H2,1-4H3,(H,25,29). The molecule has 1 heterocycles. The molecule has 2 aromatic rings. The number of nitro groups is 1. The van der Waals surface area contributed by atoms with Crippen LogP contribution in [-0.2, 0) is 14.4 Å². The molecular formula is C23H25FN4O5. The van der Waals surface area contributed by atoms with E-state index >= 15 is 0 Å². The van der Waals surface area contributed by atoms with E-state index in [1.54, 1.807) is 0 Å². The summed E-state index contributed by atoms with van der Waals surface area (Å²) < 4.78 is 13.6. The number of amides is 3. The maximum Gasteiger partial charge on any atom is 0.306 e. The van der Waals surface area contributed by atoms with E-state index in [1.165, 1.54) is 22.9 Å². The number of nitrogens with zero attached hydrogens (tertiary/aromatic N) is 3. The molecule has 1 fully saturated rings. The van der Waals surface area contributed by atoms with Gasteiger partial charge >= 0.3 is 5.69 Å². The Morgan fingerprint density at radius 1 is 1.21 bits per heavy atom. The summed E-state index contributed by atoms with van der Waals surface area (Å²) in [7, 11) is 1.48.